The Morgan fingerprint density at radius 3 is 2.81 bits per heavy atom. The first kappa shape index (κ1) is 13.3. The summed E-state index contributed by atoms with van der Waals surface area (Å²) < 4.78 is 21.8. The number of nitrogens with zero attached hydrogens (tertiary/aromatic N) is 2. The maximum atomic E-state index is 10.9. The van der Waals surface area contributed by atoms with Crippen molar-refractivity contribution in [2.24, 2.45) is 0 Å². The van der Waals surface area contributed by atoms with Crippen LogP contribution in [0.25, 0.3) is 0 Å². The van der Waals surface area contributed by atoms with Gasteiger partial charge in [-0.25, -0.2) is 13.4 Å². The van der Waals surface area contributed by atoms with Gasteiger partial charge in [0.15, 0.2) is 0 Å². The molecule has 0 aliphatic carbocycles. The van der Waals surface area contributed by atoms with Gasteiger partial charge < -0.3 is 0 Å². The Bertz CT molecular complexity index is 523. The summed E-state index contributed by atoms with van der Waals surface area (Å²) in [5, 5.41) is 9.50. The third kappa shape index (κ3) is 4.84. The van der Waals surface area contributed by atoms with E-state index in [1.165, 1.54) is 24.1 Å². The maximum Gasteiger partial charge on any atom is 0.148 e. The molecule has 0 aromatic carbocycles. The molecule has 1 aromatic heterocycles. The fourth-order valence-electron chi connectivity index (χ4n) is 0.909. The molecule has 0 bridgehead atoms. The van der Waals surface area contributed by atoms with Gasteiger partial charge in [-0.2, -0.15) is 5.26 Å². The standard InChI is InChI=1S/C9H9ClN2O2S2/c1-16(13,14)3-2-15-9-5-7(6-11)4-8(10)12-9/h4-5H,2-3H2,1H3. The van der Waals surface area contributed by atoms with E-state index in [4.69, 9.17) is 16.9 Å². The van der Waals surface area contributed by atoms with E-state index < -0.39 is 9.84 Å². The third-order valence-corrected chi connectivity index (χ3v) is 3.91. The zero-order chi connectivity index (χ0) is 12.2. The molecule has 1 heterocycles. The minimum atomic E-state index is -2.97. The van der Waals surface area contributed by atoms with Crippen LogP contribution in [0, 0.1) is 11.3 Å². The minimum Gasteiger partial charge on any atom is -0.230 e. The lowest BCUT2D eigenvalue weighted by Gasteiger charge is -2.01. The maximum absolute atomic E-state index is 10.9. The number of halogens is 1. The van der Waals surface area contributed by atoms with E-state index in [0.29, 0.717) is 16.3 Å². The zero-order valence-electron chi connectivity index (χ0n) is 8.47. The van der Waals surface area contributed by atoms with Crippen molar-refractivity contribution in [3.63, 3.8) is 0 Å². The summed E-state index contributed by atoms with van der Waals surface area (Å²) in [6, 6.07) is 5.00. The molecule has 4 nitrogen and oxygen atoms in total. The lowest BCUT2D eigenvalue weighted by molar-refractivity contribution is 0.603. The predicted molar refractivity (Wildman–Crippen MR) is 64.4 cm³/mol. The number of nitriles is 1. The Balaban J connectivity index is 2.68. The van der Waals surface area contributed by atoms with Gasteiger partial charge in [0.25, 0.3) is 0 Å². The van der Waals surface area contributed by atoms with Gasteiger partial charge in [0.2, 0.25) is 0 Å². The average Bonchev–Trinajstić information content (AvgIpc) is 2.14. The number of pyridine rings is 1. The lowest BCUT2D eigenvalue weighted by Crippen LogP contribution is -2.05. The quantitative estimate of drug-likeness (QED) is 0.619. The van der Waals surface area contributed by atoms with Crippen molar-refractivity contribution in [1.82, 2.24) is 4.98 Å². The molecule has 0 amide bonds. The van der Waals surface area contributed by atoms with Crippen molar-refractivity contribution >= 4 is 33.2 Å². The number of hydrogen-bond donors (Lipinski definition) is 0. The molecule has 0 aliphatic rings. The second-order valence-corrected chi connectivity index (χ2v) is 6.87. The first-order valence-corrected chi connectivity index (χ1v) is 7.71. The van der Waals surface area contributed by atoms with Crippen LogP contribution in [-0.4, -0.2) is 31.2 Å². The van der Waals surface area contributed by atoms with Crippen LogP contribution in [0.15, 0.2) is 17.2 Å². The molecule has 0 saturated heterocycles. The molecule has 16 heavy (non-hydrogen) atoms. The van der Waals surface area contributed by atoms with E-state index >= 15 is 0 Å². The Labute approximate surface area is 104 Å². The molecule has 1 aromatic rings. The van der Waals surface area contributed by atoms with Gasteiger partial charge in [0, 0.05) is 12.0 Å². The molecule has 0 aliphatic heterocycles. The summed E-state index contributed by atoms with van der Waals surface area (Å²) in [6.45, 7) is 0. The van der Waals surface area contributed by atoms with E-state index in [1.807, 2.05) is 6.07 Å². The molecule has 7 heteroatoms. The van der Waals surface area contributed by atoms with Gasteiger partial charge in [0.05, 0.1) is 22.4 Å². The summed E-state index contributed by atoms with van der Waals surface area (Å²) in [5.41, 5.74) is 0.418. The lowest BCUT2D eigenvalue weighted by atomic mass is 10.3. The predicted octanol–water partition coefficient (Wildman–Crippen LogP) is 1.74. The van der Waals surface area contributed by atoms with Gasteiger partial charge in [-0.3, -0.25) is 0 Å². The number of rotatable bonds is 4. The van der Waals surface area contributed by atoms with Gasteiger partial charge >= 0.3 is 0 Å². The summed E-state index contributed by atoms with van der Waals surface area (Å²) in [5.74, 6) is 0.477. The van der Waals surface area contributed by atoms with E-state index in [9.17, 15) is 8.42 Å². The van der Waals surface area contributed by atoms with Crippen LogP contribution in [0.5, 0.6) is 0 Å². The van der Waals surface area contributed by atoms with Crippen molar-refractivity contribution in [3.05, 3.63) is 22.8 Å². The minimum absolute atomic E-state index is 0.0771. The molecule has 86 valence electrons. The van der Waals surface area contributed by atoms with Crippen molar-refractivity contribution in [3.8, 4) is 6.07 Å². The molecular formula is C9H9ClN2O2S2. The number of sulfone groups is 1. The average molecular weight is 277 g/mol. The van der Waals surface area contributed by atoms with Crippen LogP contribution in [0.1, 0.15) is 5.56 Å². The monoisotopic (exact) mass is 276 g/mol. The molecule has 0 spiro atoms. The third-order valence-electron chi connectivity index (χ3n) is 1.60. The highest BCUT2D eigenvalue weighted by molar-refractivity contribution is 8.00. The molecule has 0 unspecified atom stereocenters. The Morgan fingerprint density at radius 1 is 1.56 bits per heavy atom. The summed E-state index contributed by atoms with van der Waals surface area (Å²) in [7, 11) is -2.97. The fourth-order valence-corrected chi connectivity index (χ4v) is 3.29. The summed E-state index contributed by atoms with van der Waals surface area (Å²) >= 11 is 6.97. The molecule has 0 radical (unpaired) electrons. The molecule has 1 rings (SSSR count). The zero-order valence-corrected chi connectivity index (χ0v) is 10.9. The second-order valence-electron chi connectivity index (χ2n) is 3.11. The van der Waals surface area contributed by atoms with Crippen LogP contribution in [0.4, 0.5) is 0 Å². The van der Waals surface area contributed by atoms with Gasteiger partial charge in [-0.1, -0.05) is 11.6 Å². The Kier molecular flexibility index (Phi) is 4.59. The number of hydrogen-bond acceptors (Lipinski definition) is 5. The summed E-state index contributed by atoms with van der Waals surface area (Å²) in [4.78, 5) is 3.98. The van der Waals surface area contributed by atoms with Crippen LogP contribution in [-0.2, 0) is 9.84 Å². The first-order valence-electron chi connectivity index (χ1n) is 4.29. The summed E-state index contributed by atoms with van der Waals surface area (Å²) in [6.07, 6.45) is 1.18. The second kappa shape index (κ2) is 5.53. The van der Waals surface area contributed by atoms with Crippen molar-refractivity contribution in [1.29, 1.82) is 5.26 Å². The normalized spacial score (nSPS) is 11.1. The highest BCUT2D eigenvalue weighted by Gasteiger charge is 2.05. The SMILES string of the molecule is CS(=O)(=O)CCSc1cc(C#N)cc(Cl)n1. The van der Waals surface area contributed by atoms with Crippen LogP contribution in [0.2, 0.25) is 5.15 Å². The van der Waals surface area contributed by atoms with Crippen LogP contribution < -0.4 is 0 Å². The number of thioether (sulfide) groups is 1. The van der Waals surface area contributed by atoms with Gasteiger partial charge in [-0.05, 0) is 12.1 Å². The van der Waals surface area contributed by atoms with Crippen LogP contribution >= 0.6 is 23.4 Å². The molecule has 0 saturated carbocycles. The Morgan fingerprint density at radius 2 is 2.25 bits per heavy atom. The number of aromatic nitrogens is 1. The largest absolute Gasteiger partial charge is 0.230 e. The van der Waals surface area contributed by atoms with Crippen molar-refractivity contribution < 1.29 is 8.42 Å². The molecular weight excluding hydrogens is 268 g/mol. The Hall–Kier alpha value is -0.770. The topological polar surface area (TPSA) is 70.8 Å². The van der Waals surface area contributed by atoms with Crippen LogP contribution in [0.3, 0.4) is 0 Å². The van der Waals surface area contributed by atoms with Crippen molar-refractivity contribution in [2.75, 3.05) is 17.8 Å². The van der Waals surface area contributed by atoms with Gasteiger partial charge in [0.1, 0.15) is 15.0 Å². The highest BCUT2D eigenvalue weighted by atomic mass is 35.5. The molecule has 0 atom stereocenters. The highest BCUT2D eigenvalue weighted by Crippen LogP contribution is 2.20. The van der Waals surface area contributed by atoms with E-state index in [-0.39, 0.29) is 10.9 Å². The molecule has 0 fully saturated rings. The fraction of sp³-hybridized carbons (Fsp3) is 0.333. The van der Waals surface area contributed by atoms with Crippen molar-refractivity contribution in [2.45, 2.75) is 5.03 Å². The van der Waals surface area contributed by atoms with E-state index in [1.54, 1.807) is 6.07 Å². The van der Waals surface area contributed by atoms with E-state index in [2.05, 4.69) is 4.98 Å². The first-order chi connectivity index (χ1) is 7.40. The smallest absolute Gasteiger partial charge is 0.148 e. The van der Waals surface area contributed by atoms with E-state index in [0.717, 1.165) is 0 Å². The molecule has 0 N–H and O–H groups in total. The van der Waals surface area contributed by atoms with Gasteiger partial charge in [-0.15, -0.1) is 11.8 Å².